The van der Waals surface area contributed by atoms with Crippen LogP contribution in [0.25, 0.3) is 0 Å². The minimum absolute atomic E-state index is 0.168. The largest absolute Gasteiger partial charge is 0.383 e. The van der Waals surface area contributed by atoms with Crippen LogP contribution in [0.4, 0.5) is 0 Å². The summed E-state index contributed by atoms with van der Waals surface area (Å²) in [7, 11) is 3.69. The third-order valence-corrected chi connectivity index (χ3v) is 0.559. The van der Waals surface area contributed by atoms with Gasteiger partial charge in [0.1, 0.15) is 0 Å². The third kappa shape index (κ3) is 5.21. The monoisotopic (exact) mass is 112 g/mol. The van der Waals surface area contributed by atoms with E-state index >= 15 is 0 Å². The Morgan fingerprint density at radius 1 is 1.62 bits per heavy atom. The molecule has 0 fully saturated rings. The predicted molar refractivity (Wildman–Crippen MR) is 33.2 cm³/mol. The first-order valence-electron chi connectivity index (χ1n) is 2.33. The van der Waals surface area contributed by atoms with E-state index in [9.17, 15) is 4.79 Å². The molecule has 0 amide bonds. The first-order valence-corrected chi connectivity index (χ1v) is 2.33. The lowest BCUT2D eigenvalue weighted by Crippen LogP contribution is -2.01. The van der Waals surface area contributed by atoms with Gasteiger partial charge in [0.25, 0.3) is 0 Å². The second kappa shape index (κ2) is 3.24. The highest BCUT2D eigenvalue weighted by atomic mass is 16.1. The van der Waals surface area contributed by atoms with Crippen LogP contribution in [0.15, 0.2) is 12.3 Å². The van der Waals surface area contributed by atoms with Crippen LogP contribution in [0.2, 0.25) is 0 Å². The summed E-state index contributed by atoms with van der Waals surface area (Å²) in [6, 6.07) is 0. The van der Waals surface area contributed by atoms with E-state index in [0.29, 0.717) is 0 Å². The van der Waals surface area contributed by atoms with E-state index in [1.54, 1.807) is 11.1 Å². The van der Waals surface area contributed by atoms with Crippen molar-refractivity contribution < 1.29 is 4.79 Å². The molecule has 0 saturated carbocycles. The van der Waals surface area contributed by atoms with E-state index in [1.165, 1.54) is 6.08 Å². The van der Waals surface area contributed by atoms with Gasteiger partial charge in [0, 0.05) is 27.2 Å². The molecule has 2 nitrogen and oxygen atoms in total. The molecule has 2 heteroatoms. The number of ketones is 1. The van der Waals surface area contributed by atoms with E-state index < -0.39 is 0 Å². The van der Waals surface area contributed by atoms with E-state index in [2.05, 4.69) is 6.92 Å². The second-order valence-corrected chi connectivity index (χ2v) is 1.75. The number of allylic oxidation sites excluding steroid dienone is 1. The lowest BCUT2D eigenvalue weighted by atomic mass is 10.4. The van der Waals surface area contributed by atoms with Gasteiger partial charge in [-0.25, -0.2) is 0 Å². The quantitative estimate of drug-likeness (QED) is 0.484. The number of hydrogen-bond acceptors (Lipinski definition) is 2. The molecule has 0 rings (SSSR count). The summed E-state index contributed by atoms with van der Waals surface area (Å²) < 4.78 is 0. The van der Waals surface area contributed by atoms with Gasteiger partial charge in [-0.2, -0.15) is 0 Å². The number of rotatable bonds is 2. The van der Waals surface area contributed by atoms with Crippen molar-refractivity contribution in [3.63, 3.8) is 0 Å². The minimum Gasteiger partial charge on any atom is -0.383 e. The van der Waals surface area contributed by atoms with Crippen LogP contribution in [0.3, 0.4) is 0 Å². The standard InChI is InChI=1S/C6H10NO/c1-6(8)4-5-7(2)3/h4-5H,1H2,2-3H3/b5-4-. The molecule has 0 spiro atoms. The smallest absolute Gasteiger partial charge is 0.157 e. The molecule has 0 aromatic heterocycles. The van der Waals surface area contributed by atoms with E-state index in [0.717, 1.165) is 0 Å². The van der Waals surface area contributed by atoms with E-state index in [-0.39, 0.29) is 5.78 Å². The zero-order chi connectivity index (χ0) is 6.57. The average Bonchev–Trinajstić information content (AvgIpc) is 1.61. The van der Waals surface area contributed by atoms with Crippen LogP contribution in [-0.4, -0.2) is 24.8 Å². The van der Waals surface area contributed by atoms with E-state index in [1.807, 2.05) is 14.1 Å². The molecule has 0 aromatic rings. The minimum atomic E-state index is -0.168. The number of nitrogens with zero attached hydrogens (tertiary/aromatic N) is 1. The lowest BCUT2D eigenvalue weighted by molar-refractivity contribution is -0.110. The molecule has 45 valence electrons. The first kappa shape index (κ1) is 7.21. The van der Waals surface area contributed by atoms with Gasteiger partial charge in [0.05, 0.1) is 0 Å². The summed E-state index contributed by atoms with van der Waals surface area (Å²) in [6.07, 6.45) is 3.08. The molecule has 0 unspecified atom stereocenters. The van der Waals surface area contributed by atoms with Gasteiger partial charge >= 0.3 is 0 Å². The Kier molecular flexibility index (Phi) is 2.92. The maximum atomic E-state index is 10.1. The van der Waals surface area contributed by atoms with Crippen LogP contribution >= 0.6 is 0 Å². The first-order chi connectivity index (χ1) is 3.63. The zero-order valence-corrected chi connectivity index (χ0v) is 5.22. The Morgan fingerprint density at radius 2 is 2.12 bits per heavy atom. The van der Waals surface area contributed by atoms with Crippen LogP contribution < -0.4 is 0 Å². The molecule has 0 heterocycles. The van der Waals surface area contributed by atoms with Crippen molar-refractivity contribution in [2.45, 2.75) is 0 Å². The SMILES string of the molecule is [CH2]C(=O)/C=C\N(C)C. The number of hydrogen-bond donors (Lipinski definition) is 0. The topological polar surface area (TPSA) is 20.3 Å². The van der Waals surface area contributed by atoms with Crippen LogP contribution in [-0.2, 0) is 4.79 Å². The van der Waals surface area contributed by atoms with Crippen molar-refractivity contribution in [3.05, 3.63) is 19.2 Å². The van der Waals surface area contributed by atoms with Gasteiger partial charge < -0.3 is 4.90 Å². The van der Waals surface area contributed by atoms with Crippen molar-refractivity contribution in [1.29, 1.82) is 0 Å². The summed E-state index contributed by atoms with van der Waals surface area (Å²) in [5.41, 5.74) is 0. The van der Waals surface area contributed by atoms with Gasteiger partial charge in [-0.05, 0) is 6.08 Å². The Labute approximate surface area is 49.8 Å². The molecule has 0 aliphatic carbocycles. The Morgan fingerprint density at radius 3 is 2.25 bits per heavy atom. The Hall–Kier alpha value is -0.790. The van der Waals surface area contributed by atoms with Gasteiger partial charge in [-0.1, -0.05) is 0 Å². The molecule has 0 N–H and O–H groups in total. The fourth-order valence-electron chi connectivity index (χ4n) is 0.232. The van der Waals surface area contributed by atoms with Crippen molar-refractivity contribution in [1.82, 2.24) is 4.90 Å². The lowest BCUT2D eigenvalue weighted by Gasteiger charge is -2.00. The fraction of sp³-hybridized carbons (Fsp3) is 0.333. The second-order valence-electron chi connectivity index (χ2n) is 1.75. The highest BCUT2D eigenvalue weighted by Gasteiger charge is 1.80. The summed E-state index contributed by atoms with van der Waals surface area (Å²) in [6.45, 7) is 3.16. The van der Waals surface area contributed by atoms with Gasteiger partial charge in [0.15, 0.2) is 5.78 Å². The van der Waals surface area contributed by atoms with Crippen molar-refractivity contribution in [3.8, 4) is 0 Å². The van der Waals surface area contributed by atoms with Crippen LogP contribution in [0.5, 0.6) is 0 Å². The molecule has 0 aromatic carbocycles. The highest BCUT2D eigenvalue weighted by Crippen LogP contribution is 1.76. The highest BCUT2D eigenvalue weighted by molar-refractivity contribution is 5.93. The van der Waals surface area contributed by atoms with Crippen LogP contribution in [0, 0.1) is 6.92 Å². The van der Waals surface area contributed by atoms with Gasteiger partial charge in [-0.15, -0.1) is 0 Å². The molecule has 0 saturated heterocycles. The zero-order valence-electron chi connectivity index (χ0n) is 5.22. The van der Waals surface area contributed by atoms with Crippen molar-refractivity contribution in [2.75, 3.05) is 14.1 Å². The molecular formula is C6H10NO. The van der Waals surface area contributed by atoms with Crippen molar-refractivity contribution >= 4 is 5.78 Å². The summed E-state index contributed by atoms with van der Waals surface area (Å²) in [5, 5.41) is 0. The van der Waals surface area contributed by atoms with Gasteiger partial charge in [-0.3, -0.25) is 4.79 Å². The molecule has 0 atom stereocenters. The summed E-state index contributed by atoms with van der Waals surface area (Å²) in [5.74, 6) is -0.168. The summed E-state index contributed by atoms with van der Waals surface area (Å²) in [4.78, 5) is 11.9. The predicted octanol–water partition coefficient (Wildman–Crippen LogP) is 0.465. The van der Waals surface area contributed by atoms with Crippen LogP contribution in [0.1, 0.15) is 0 Å². The van der Waals surface area contributed by atoms with Crippen molar-refractivity contribution in [2.24, 2.45) is 0 Å². The molecule has 8 heavy (non-hydrogen) atoms. The third-order valence-electron chi connectivity index (χ3n) is 0.559. The fourth-order valence-corrected chi connectivity index (χ4v) is 0.232. The maximum Gasteiger partial charge on any atom is 0.157 e. The maximum absolute atomic E-state index is 10.1. The molecule has 0 bridgehead atoms. The van der Waals surface area contributed by atoms with Gasteiger partial charge in [0.2, 0.25) is 0 Å². The average molecular weight is 112 g/mol. The Bertz CT molecular complexity index is 105. The van der Waals surface area contributed by atoms with E-state index in [4.69, 9.17) is 0 Å². The molecule has 0 aliphatic heterocycles. The number of carbonyl (C=O) groups excluding carboxylic acids is 1. The Balaban J connectivity index is 3.50. The normalized spacial score (nSPS) is 9.88. The molecular weight excluding hydrogens is 102 g/mol. The molecule has 0 aliphatic rings. The summed E-state index contributed by atoms with van der Waals surface area (Å²) >= 11 is 0. The molecule has 1 radical (unpaired) electrons. The number of carbonyl (C=O) groups is 1.